The van der Waals surface area contributed by atoms with Crippen LogP contribution in [0.2, 0.25) is 0 Å². The molecule has 3 rings (SSSR count). The molecular weight excluding hydrogens is 454 g/mol. The summed E-state index contributed by atoms with van der Waals surface area (Å²) in [5.74, 6) is -0.938. The predicted octanol–water partition coefficient (Wildman–Crippen LogP) is 3.13. The Hall–Kier alpha value is -0.430. The van der Waals surface area contributed by atoms with Crippen LogP contribution >= 0.6 is 31.9 Å². The molecule has 25 heavy (non-hydrogen) atoms. The van der Waals surface area contributed by atoms with Gasteiger partial charge in [0.1, 0.15) is 6.04 Å². The molecule has 0 aromatic rings. The molecule has 5 nitrogen and oxygen atoms in total. The van der Waals surface area contributed by atoms with Crippen molar-refractivity contribution in [2.45, 2.75) is 62.3 Å². The summed E-state index contributed by atoms with van der Waals surface area (Å²) in [5.41, 5.74) is 0. The zero-order valence-corrected chi connectivity index (χ0v) is 18.1. The summed E-state index contributed by atoms with van der Waals surface area (Å²) in [6.07, 6.45) is 1.05. The number of halogens is 2. The van der Waals surface area contributed by atoms with Gasteiger partial charge < -0.3 is 4.74 Å². The summed E-state index contributed by atoms with van der Waals surface area (Å²) in [6, 6.07) is -0.810. The van der Waals surface area contributed by atoms with E-state index in [9.17, 15) is 14.4 Å². The monoisotopic (exact) mass is 477 g/mol. The first-order valence-electron chi connectivity index (χ1n) is 9.00. The number of nitrogens with zero attached hydrogens (tertiary/aromatic N) is 1. The van der Waals surface area contributed by atoms with Crippen molar-refractivity contribution >= 4 is 49.6 Å². The van der Waals surface area contributed by atoms with Gasteiger partial charge in [-0.2, -0.15) is 0 Å². The van der Waals surface area contributed by atoms with Crippen LogP contribution in [0.25, 0.3) is 0 Å². The lowest BCUT2D eigenvalue weighted by atomic mass is 9.81. The number of carbonyl (C=O) groups is 3. The van der Waals surface area contributed by atoms with Crippen LogP contribution in [0.3, 0.4) is 0 Å². The number of rotatable bonds is 5. The lowest BCUT2D eigenvalue weighted by Crippen LogP contribution is -2.48. The number of esters is 1. The third kappa shape index (κ3) is 3.09. The van der Waals surface area contributed by atoms with Gasteiger partial charge in [0, 0.05) is 9.65 Å². The molecule has 0 aromatic heterocycles. The Kier molecular flexibility index (Phi) is 5.37. The van der Waals surface area contributed by atoms with E-state index in [2.05, 4.69) is 31.9 Å². The first kappa shape index (κ1) is 19.3. The maximum Gasteiger partial charge on any atom is 0.329 e. The minimum atomic E-state index is -0.810. The van der Waals surface area contributed by atoms with Crippen molar-refractivity contribution in [3.05, 3.63) is 0 Å². The number of imide groups is 1. The Morgan fingerprint density at radius 2 is 1.56 bits per heavy atom. The number of hydrogen-bond acceptors (Lipinski definition) is 4. The van der Waals surface area contributed by atoms with Crippen molar-refractivity contribution < 1.29 is 19.1 Å². The van der Waals surface area contributed by atoms with Crippen LogP contribution in [0.1, 0.15) is 40.5 Å². The van der Waals surface area contributed by atoms with Gasteiger partial charge >= 0.3 is 5.97 Å². The van der Waals surface area contributed by atoms with Crippen LogP contribution in [0.5, 0.6) is 0 Å². The molecule has 1 aliphatic heterocycles. The zero-order chi connectivity index (χ0) is 18.6. The molecule has 3 fully saturated rings. The summed E-state index contributed by atoms with van der Waals surface area (Å²) < 4.78 is 5.35. The minimum absolute atomic E-state index is 0.154. The quantitative estimate of drug-likeness (QED) is 0.346. The number of hydrogen-bond donors (Lipinski definition) is 0. The Labute approximate surface area is 165 Å². The third-order valence-corrected chi connectivity index (χ3v) is 8.86. The van der Waals surface area contributed by atoms with E-state index < -0.39 is 12.0 Å². The fraction of sp³-hybridized carbons (Fsp3) is 0.833. The van der Waals surface area contributed by atoms with E-state index in [0.29, 0.717) is 6.42 Å². The molecule has 7 atom stereocenters. The predicted molar refractivity (Wildman–Crippen MR) is 100 cm³/mol. The molecule has 0 N–H and O–H groups in total. The molecule has 2 aliphatic carbocycles. The molecule has 7 heteroatoms. The second-order valence-electron chi connectivity index (χ2n) is 8.18. The van der Waals surface area contributed by atoms with Gasteiger partial charge in [0.05, 0.1) is 17.9 Å². The number of carbonyl (C=O) groups excluding carboxylic acids is 3. The average molecular weight is 479 g/mol. The van der Waals surface area contributed by atoms with Crippen molar-refractivity contribution in [2.75, 3.05) is 0 Å². The van der Waals surface area contributed by atoms with E-state index in [1.165, 1.54) is 4.90 Å². The highest BCUT2D eigenvalue weighted by atomic mass is 79.9. The lowest BCUT2D eigenvalue weighted by molar-refractivity contribution is -0.162. The van der Waals surface area contributed by atoms with Gasteiger partial charge in [-0.1, -0.05) is 45.7 Å². The summed E-state index contributed by atoms with van der Waals surface area (Å²) in [6.45, 7) is 7.51. The topological polar surface area (TPSA) is 63.7 Å². The fourth-order valence-electron chi connectivity index (χ4n) is 4.74. The maximum absolute atomic E-state index is 13.1. The van der Waals surface area contributed by atoms with E-state index in [0.717, 1.165) is 6.42 Å². The zero-order valence-electron chi connectivity index (χ0n) is 14.9. The van der Waals surface area contributed by atoms with Crippen molar-refractivity contribution in [1.29, 1.82) is 0 Å². The van der Waals surface area contributed by atoms with Crippen molar-refractivity contribution in [1.82, 2.24) is 4.90 Å². The summed E-state index contributed by atoms with van der Waals surface area (Å²) in [5, 5.41) is 0. The Morgan fingerprint density at radius 1 is 1.08 bits per heavy atom. The second kappa shape index (κ2) is 6.95. The molecule has 1 saturated heterocycles. The molecule has 3 aliphatic rings. The molecule has 2 amide bonds. The van der Waals surface area contributed by atoms with Gasteiger partial charge in [-0.25, -0.2) is 4.79 Å². The van der Waals surface area contributed by atoms with Crippen LogP contribution in [0.15, 0.2) is 0 Å². The van der Waals surface area contributed by atoms with Gasteiger partial charge in [0.25, 0.3) is 0 Å². The molecule has 0 radical (unpaired) electrons. The normalized spacial score (nSPS) is 38.0. The molecule has 1 heterocycles. The smallest absolute Gasteiger partial charge is 0.329 e. The second-order valence-corrected chi connectivity index (χ2v) is 10.3. The van der Waals surface area contributed by atoms with Crippen LogP contribution in [0, 0.1) is 29.6 Å². The Morgan fingerprint density at radius 3 is 1.96 bits per heavy atom. The summed E-state index contributed by atoms with van der Waals surface area (Å²) >= 11 is 7.37. The number of likely N-dealkylation sites (tertiary alicyclic amines) is 1. The molecule has 2 saturated carbocycles. The number of alkyl halides is 2. The standard InChI is InChI=1S/C18H25Br2NO4/c1-7(2)5-11(18(24)25-8(3)4)21-16(22)12-9-6-10(13(12)17(21)23)15(20)14(9)19/h7-15H,5-6H2,1-4H3/t9-,10-,11-,12-,13+,14-,15+/m0/s1. The van der Waals surface area contributed by atoms with Crippen LogP contribution in [-0.4, -0.2) is 44.5 Å². The highest BCUT2D eigenvalue weighted by molar-refractivity contribution is 9.12. The number of ether oxygens (including phenoxy) is 1. The largest absolute Gasteiger partial charge is 0.461 e. The van der Waals surface area contributed by atoms with Crippen LogP contribution < -0.4 is 0 Å². The molecule has 140 valence electrons. The number of fused-ring (bicyclic) bond motifs is 5. The van der Waals surface area contributed by atoms with Crippen molar-refractivity contribution in [3.63, 3.8) is 0 Å². The van der Waals surface area contributed by atoms with E-state index in [1.807, 2.05) is 13.8 Å². The van der Waals surface area contributed by atoms with Gasteiger partial charge in [-0.15, -0.1) is 0 Å². The van der Waals surface area contributed by atoms with Crippen molar-refractivity contribution in [2.24, 2.45) is 29.6 Å². The number of amides is 2. The molecular formula is C18H25Br2NO4. The average Bonchev–Trinajstić information content (AvgIpc) is 3.09. The summed E-state index contributed by atoms with van der Waals surface area (Å²) in [7, 11) is 0. The minimum Gasteiger partial charge on any atom is -0.461 e. The first-order valence-corrected chi connectivity index (χ1v) is 10.8. The van der Waals surface area contributed by atoms with Crippen LogP contribution in [0.4, 0.5) is 0 Å². The highest BCUT2D eigenvalue weighted by Gasteiger charge is 2.67. The van der Waals surface area contributed by atoms with Crippen molar-refractivity contribution in [3.8, 4) is 0 Å². The third-order valence-electron chi connectivity index (χ3n) is 5.65. The molecule has 0 unspecified atom stereocenters. The van der Waals surface area contributed by atoms with E-state index in [-0.39, 0.29) is 57.2 Å². The van der Waals surface area contributed by atoms with E-state index in [1.54, 1.807) is 13.8 Å². The van der Waals surface area contributed by atoms with Gasteiger partial charge in [0.2, 0.25) is 11.8 Å². The van der Waals surface area contributed by atoms with E-state index >= 15 is 0 Å². The highest BCUT2D eigenvalue weighted by Crippen LogP contribution is 2.60. The molecule has 0 spiro atoms. The summed E-state index contributed by atoms with van der Waals surface area (Å²) in [4.78, 5) is 40.5. The van der Waals surface area contributed by atoms with Gasteiger partial charge in [0.15, 0.2) is 0 Å². The van der Waals surface area contributed by atoms with Crippen LogP contribution in [-0.2, 0) is 19.1 Å². The van der Waals surface area contributed by atoms with E-state index in [4.69, 9.17) is 4.74 Å². The molecule has 2 bridgehead atoms. The van der Waals surface area contributed by atoms with Gasteiger partial charge in [-0.05, 0) is 44.4 Å². The Balaban J connectivity index is 1.89. The maximum atomic E-state index is 13.1. The first-order chi connectivity index (χ1) is 11.6. The SMILES string of the molecule is CC(C)C[C@@H](C(=O)OC(C)C)N1C(=O)[C@@H]2[C@@H]3C[C@H]([C@H](Br)[C@@H]3Br)[C@@H]2C1=O. The van der Waals surface area contributed by atoms with Gasteiger partial charge in [-0.3, -0.25) is 14.5 Å². The Bertz CT molecular complexity index is 562. The fourth-order valence-corrected chi connectivity index (χ4v) is 6.62. The molecule has 0 aromatic carbocycles. The lowest BCUT2D eigenvalue weighted by Gasteiger charge is -2.28.